The van der Waals surface area contributed by atoms with Gasteiger partial charge >= 0.3 is 0 Å². The van der Waals surface area contributed by atoms with E-state index in [2.05, 4.69) is 10.1 Å². The molecule has 0 bridgehead atoms. The van der Waals surface area contributed by atoms with Gasteiger partial charge in [0.15, 0.2) is 5.82 Å². The van der Waals surface area contributed by atoms with Crippen LogP contribution < -0.4 is 4.74 Å². The highest BCUT2D eigenvalue weighted by molar-refractivity contribution is 7.89. The molecule has 0 amide bonds. The summed E-state index contributed by atoms with van der Waals surface area (Å²) in [5.41, 5.74) is 2.05. The molecule has 0 N–H and O–H groups in total. The molecule has 0 radical (unpaired) electrons. The number of aromatic nitrogens is 2. The average Bonchev–Trinajstić information content (AvgIpc) is 3.24. The molecule has 2 aromatic carbocycles. The van der Waals surface area contributed by atoms with E-state index >= 15 is 0 Å². The van der Waals surface area contributed by atoms with E-state index in [9.17, 15) is 8.42 Å². The van der Waals surface area contributed by atoms with Crippen molar-refractivity contribution in [3.8, 4) is 17.2 Å². The summed E-state index contributed by atoms with van der Waals surface area (Å²) in [4.78, 5) is 4.81. The highest BCUT2D eigenvalue weighted by Crippen LogP contribution is 2.31. The Kier molecular flexibility index (Phi) is 5.38. The lowest BCUT2D eigenvalue weighted by Crippen LogP contribution is -2.38. The van der Waals surface area contributed by atoms with Crippen LogP contribution in [0.5, 0.6) is 5.75 Å². The third kappa shape index (κ3) is 4.04. The van der Waals surface area contributed by atoms with Gasteiger partial charge in [0.1, 0.15) is 5.75 Å². The first-order valence-electron chi connectivity index (χ1n) is 9.52. The van der Waals surface area contributed by atoms with Crippen molar-refractivity contribution >= 4 is 10.0 Å². The Labute approximate surface area is 170 Å². The molecular formula is C21H23N3O4S. The minimum Gasteiger partial charge on any atom is -0.497 e. The van der Waals surface area contributed by atoms with E-state index in [-0.39, 0.29) is 10.8 Å². The zero-order chi connectivity index (χ0) is 20.4. The zero-order valence-electron chi connectivity index (χ0n) is 16.4. The van der Waals surface area contributed by atoms with Gasteiger partial charge < -0.3 is 9.26 Å². The van der Waals surface area contributed by atoms with Crippen molar-refractivity contribution in [3.05, 3.63) is 59.9 Å². The molecular weight excluding hydrogens is 390 g/mol. The minimum atomic E-state index is -3.52. The number of rotatable bonds is 5. The number of hydrogen-bond donors (Lipinski definition) is 0. The lowest BCUT2D eigenvalue weighted by molar-refractivity contribution is 0.307. The number of benzene rings is 2. The molecule has 1 fully saturated rings. The number of nitrogens with zero attached hydrogens (tertiary/aromatic N) is 3. The van der Waals surface area contributed by atoms with Crippen molar-refractivity contribution in [2.45, 2.75) is 30.6 Å². The quantitative estimate of drug-likeness (QED) is 0.635. The smallest absolute Gasteiger partial charge is 0.257 e. The van der Waals surface area contributed by atoms with E-state index in [1.54, 1.807) is 31.4 Å². The molecule has 1 saturated heterocycles. The summed E-state index contributed by atoms with van der Waals surface area (Å²) >= 11 is 0. The maximum Gasteiger partial charge on any atom is 0.257 e. The Hall–Kier alpha value is -2.71. The lowest BCUT2D eigenvalue weighted by Gasteiger charge is -2.29. The van der Waals surface area contributed by atoms with Gasteiger partial charge in [-0.2, -0.15) is 9.29 Å². The first-order chi connectivity index (χ1) is 14.0. The second kappa shape index (κ2) is 7.96. The second-order valence-electron chi connectivity index (χ2n) is 7.18. The largest absolute Gasteiger partial charge is 0.497 e. The fourth-order valence-corrected chi connectivity index (χ4v) is 4.93. The topological polar surface area (TPSA) is 85.5 Å². The molecule has 0 saturated carbocycles. The Morgan fingerprint density at radius 2 is 1.69 bits per heavy atom. The van der Waals surface area contributed by atoms with Crippen LogP contribution in [0.4, 0.5) is 0 Å². The van der Waals surface area contributed by atoms with Crippen molar-refractivity contribution in [2.24, 2.45) is 0 Å². The van der Waals surface area contributed by atoms with Crippen molar-refractivity contribution < 1.29 is 17.7 Å². The van der Waals surface area contributed by atoms with Gasteiger partial charge in [-0.15, -0.1) is 0 Å². The predicted octanol–water partition coefficient (Wildman–Crippen LogP) is 3.62. The standard InChI is InChI=1S/C21H23N3O4S/c1-15-3-5-17(6-4-15)21-22-20(23-28-21)16-11-13-24(14-12-16)29(25,26)19-9-7-18(27-2)8-10-19/h3-10,16H,11-14H2,1-2H3. The van der Waals surface area contributed by atoms with Crippen molar-refractivity contribution in [2.75, 3.05) is 20.2 Å². The summed E-state index contributed by atoms with van der Waals surface area (Å²) in [5.74, 6) is 1.85. The molecule has 1 aliphatic heterocycles. The summed E-state index contributed by atoms with van der Waals surface area (Å²) < 4.78 is 37.8. The van der Waals surface area contributed by atoms with Gasteiger partial charge in [0.05, 0.1) is 12.0 Å². The van der Waals surface area contributed by atoms with Gasteiger partial charge in [-0.25, -0.2) is 8.42 Å². The molecule has 4 rings (SSSR count). The van der Waals surface area contributed by atoms with Gasteiger partial charge in [0.25, 0.3) is 5.89 Å². The van der Waals surface area contributed by atoms with Crippen LogP contribution in [0.1, 0.15) is 30.1 Å². The fraction of sp³-hybridized carbons (Fsp3) is 0.333. The minimum absolute atomic E-state index is 0.0836. The molecule has 0 spiro atoms. The van der Waals surface area contributed by atoms with Crippen LogP contribution in [-0.4, -0.2) is 43.1 Å². The van der Waals surface area contributed by atoms with E-state index < -0.39 is 10.0 Å². The second-order valence-corrected chi connectivity index (χ2v) is 9.12. The summed E-state index contributed by atoms with van der Waals surface area (Å²) in [6.45, 7) is 2.87. The summed E-state index contributed by atoms with van der Waals surface area (Å²) in [7, 11) is -1.97. The van der Waals surface area contributed by atoms with Crippen LogP contribution in [0.15, 0.2) is 57.9 Å². The fourth-order valence-electron chi connectivity index (χ4n) is 3.47. The van der Waals surface area contributed by atoms with Crippen LogP contribution in [-0.2, 0) is 10.0 Å². The Morgan fingerprint density at radius 1 is 1.03 bits per heavy atom. The highest BCUT2D eigenvalue weighted by atomic mass is 32.2. The van der Waals surface area contributed by atoms with Crippen LogP contribution in [0, 0.1) is 6.92 Å². The number of ether oxygens (including phenoxy) is 1. The molecule has 0 atom stereocenters. The van der Waals surface area contributed by atoms with Crippen molar-refractivity contribution in [3.63, 3.8) is 0 Å². The van der Waals surface area contributed by atoms with E-state index in [0.717, 1.165) is 5.56 Å². The van der Waals surface area contributed by atoms with E-state index in [0.29, 0.717) is 43.4 Å². The number of methoxy groups -OCH3 is 1. The predicted molar refractivity (Wildman–Crippen MR) is 108 cm³/mol. The van der Waals surface area contributed by atoms with Gasteiger partial charge in [-0.05, 0) is 56.2 Å². The van der Waals surface area contributed by atoms with Gasteiger partial charge in [-0.3, -0.25) is 0 Å². The Bertz CT molecular complexity index is 1070. The molecule has 2 heterocycles. The van der Waals surface area contributed by atoms with Crippen LogP contribution in [0.2, 0.25) is 0 Å². The maximum atomic E-state index is 12.9. The molecule has 7 nitrogen and oxygen atoms in total. The summed E-state index contributed by atoms with van der Waals surface area (Å²) in [6, 6.07) is 14.4. The molecule has 152 valence electrons. The summed E-state index contributed by atoms with van der Waals surface area (Å²) in [5, 5.41) is 4.14. The normalized spacial score (nSPS) is 16.1. The average molecular weight is 413 g/mol. The van der Waals surface area contributed by atoms with E-state index in [1.807, 2.05) is 31.2 Å². The number of aryl methyl sites for hydroxylation is 1. The number of piperidine rings is 1. The Morgan fingerprint density at radius 3 is 2.31 bits per heavy atom. The van der Waals surface area contributed by atoms with Crippen LogP contribution in [0.25, 0.3) is 11.5 Å². The third-order valence-electron chi connectivity index (χ3n) is 5.26. The molecule has 3 aromatic rings. The lowest BCUT2D eigenvalue weighted by atomic mass is 9.97. The molecule has 0 aliphatic carbocycles. The van der Waals surface area contributed by atoms with Gasteiger partial charge in [0.2, 0.25) is 10.0 Å². The SMILES string of the molecule is COc1ccc(S(=O)(=O)N2CCC(c3noc(-c4ccc(C)cc4)n3)CC2)cc1. The first kappa shape index (κ1) is 19.6. The van der Waals surface area contributed by atoms with Gasteiger partial charge in [0, 0.05) is 24.6 Å². The number of sulfonamides is 1. The number of hydrogen-bond acceptors (Lipinski definition) is 6. The van der Waals surface area contributed by atoms with Crippen LogP contribution >= 0.6 is 0 Å². The molecule has 29 heavy (non-hydrogen) atoms. The molecule has 8 heteroatoms. The van der Waals surface area contributed by atoms with Crippen molar-refractivity contribution in [1.82, 2.24) is 14.4 Å². The zero-order valence-corrected chi connectivity index (χ0v) is 17.2. The van der Waals surface area contributed by atoms with Gasteiger partial charge in [-0.1, -0.05) is 22.9 Å². The van der Waals surface area contributed by atoms with Crippen molar-refractivity contribution in [1.29, 1.82) is 0 Å². The molecule has 1 aromatic heterocycles. The molecule has 1 aliphatic rings. The molecule has 0 unspecified atom stereocenters. The Balaban J connectivity index is 1.43. The van der Waals surface area contributed by atoms with Crippen LogP contribution in [0.3, 0.4) is 0 Å². The first-order valence-corrected chi connectivity index (χ1v) is 11.0. The summed E-state index contributed by atoms with van der Waals surface area (Å²) in [6.07, 6.45) is 1.31. The van der Waals surface area contributed by atoms with E-state index in [1.165, 1.54) is 9.87 Å². The van der Waals surface area contributed by atoms with E-state index in [4.69, 9.17) is 9.26 Å². The highest BCUT2D eigenvalue weighted by Gasteiger charge is 2.31. The monoisotopic (exact) mass is 413 g/mol. The maximum absolute atomic E-state index is 12.9. The third-order valence-corrected chi connectivity index (χ3v) is 7.17.